The smallest absolute Gasteiger partial charge is 0.410 e. The molecular formula is C17H24BrN3O3. The van der Waals surface area contributed by atoms with Gasteiger partial charge in [-0.25, -0.2) is 4.79 Å². The summed E-state index contributed by atoms with van der Waals surface area (Å²) in [5.41, 5.74) is 6.20. The highest BCUT2D eigenvalue weighted by Crippen LogP contribution is 2.24. The maximum atomic E-state index is 12.1. The molecule has 0 saturated carbocycles. The Morgan fingerprint density at radius 2 is 1.92 bits per heavy atom. The van der Waals surface area contributed by atoms with Crippen molar-refractivity contribution in [1.82, 2.24) is 4.90 Å². The van der Waals surface area contributed by atoms with Crippen LogP contribution in [-0.4, -0.2) is 41.6 Å². The lowest BCUT2D eigenvalue weighted by molar-refractivity contribution is 0.0210. The molecule has 1 saturated heterocycles. The van der Waals surface area contributed by atoms with Gasteiger partial charge in [0, 0.05) is 29.3 Å². The Kier molecular flexibility index (Phi) is 5.74. The molecule has 0 spiro atoms. The Morgan fingerprint density at radius 3 is 2.42 bits per heavy atom. The van der Waals surface area contributed by atoms with Crippen LogP contribution in [0.5, 0.6) is 0 Å². The Bertz CT molecular complexity index is 620. The first-order chi connectivity index (χ1) is 11.2. The van der Waals surface area contributed by atoms with Gasteiger partial charge >= 0.3 is 6.09 Å². The summed E-state index contributed by atoms with van der Waals surface area (Å²) in [5, 5.41) is 3.43. The van der Waals surface area contributed by atoms with E-state index in [4.69, 9.17) is 10.5 Å². The predicted octanol–water partition coefficient (Wildman–Crippen LogP) is 3.36. The summed E-state index contributed by atoms with van der Waals surface area (Å²) in [4.78, 5) is 25.0. The Balaban J connectivity index is 1.88. The molecule has 0 atom stereocenters. The number of nitrogens with two attached hydrogens (primary N) is 1. The molecule has 1 heterocycles. The number of halogens is 1. The molecule has 2 amide bonds. The molecule has 0 aliphatic carbocycles. The molecule has 6 nitrogen and oxygen atoms in total. The average molecular weight is 398 g/mol. The summed E-state index contributed by atoms with van der Waals surface area (Å²) in [6.07, 6.45) is 1.43. The largest absolute Gasteiger partial charge is 0.444 e. The van der Waals surface area contributed by atoms with Gasteiger partial charge in [-0.3, -0.25) is 4.79 Å². The zero-order valence-corrected chi connectivity index (χ0v) is 15.9. The number of hydrogen-bond donors (Lipinski definition) is 2. The molecule has 24 heavy (non-hydrogen) atoms. The van der Waals surface area contributed by atoms with Crippen molar-refractivity contribution in [3.05, 3.63) is 28.2 Å². The van der Waals surface area contributed by atoms with Crippen molar-refractivity contribution in [3.63, 3.8) is 0 Å². The minimum absolute atomic E-state index is 0.255. The van der Waals surface area contributed by atoms with E-state index >= 15 is 0 Å². The predicted molar refractivity (Wildman–Crippen MR) is 97.1 cm³/mol. The van der Waals surface area contributed by atoms with Crippen molar-refractivity contribution in [2.24, 2.45) is 5.73 Å². The number of carbonyl (C=O) groups is 2. The van der Waals surface area contributed by atoms with Crippen LogP contribution < -0.4 is 11.1 Å². The minimum Gasteiger partial charge on any atom is -0.444 e. The average Bonchev–Trinajstić information content (AvgIpc) is 2.45. The van der Waals surface area contributed by atoms with Gasteiger partial charge < -0.3 is 20.7 Å². The van der Waals surface area contributed by atoms with Crippen LogP contribution in [-0.2, 0) is 4.74 Å². The van der Waals surface area contributed by atoms with Gasteiger partial charge in [-0.1, -0.05) is 0 Å². The van der Waals surface area contributed by atoms with E-state index in [0.717, 1.165) is 18.5 Å². The fourth-order valence-electron chi connectivity index (χ4n) is 2.57. The summed E-state index contributed by atoms with van der Waals surface area (Å²) in [5.74, 6) is -0.459. The Morgan fingerprint density at radius 1 is 1.29 bits per heavy atom. The summed E-state index contributed by atoms with van der Waals surface area (Å²) < 4.78 is 6.07. The first-order valence-corrected chi connectivity index (χ1v) is 8.79. The van der Waals surface area contributed by atoms with E-state index in [1.54, 1.807) is 11.0 Å². The third-order valence-electron chi connectivity index (χ3n) is 3.75. The molecule has 1 aromatic carbocycles. The lowest BCUT2D eigenvalue weighted by atomic mass is 10.0. The van der Waals surface area contributed by atoms with Crippen LogP contribution in [0.1, 0.15) is 44.0 Å². The van der Waals surface area contributed by atoms with Crippen LogP contribution in [0.4, 0.5) is 10.5 Å². The number of ether oxygens (including phenoxy) is 1. The molecule has 0 bridgehead atoms. The van der Waals surface area contributed by atoms with Crippen LogP contribution in [0.15, 0.2) is 22.7 Å². The van der Waals surface area contributed by atoms with Gasteiger partial charge in [-0.05, 0) is 67.7 Å². The number of hydrogen-bond acceptors (Lipinski definition) is 4. The fourth-order valence-corrected chi connectivity index (χ4v) is 3.15. The van der Waals surface area contributed by atoms with Crippen molar-refractivity contribution in [3.8, 4) is 0 Å². The SMILES string of the molecule is CC(C)(C)OC(=O)N1CCC(Nc2ccc(C(N)=O)c(Br)c2)CC1. The van der Waals surface area contributed by atoms with Crippen LogP contribution in [0.3, 0.4) is 0 Å². The second kappa shape index (κ2) is 7.42. The minimum atomic E-state index is -0.472. The highest BCUT2D eigenvalue weighted by Gasteiger charge is 2.26. The molecule has 3 N–H and O–H groups in total. The first kappa shape index (κ1) is 18.6. The standard InChI is InChI=1S/C17H24BrN3O3/c1-17(2,3)24-16(23)21-8-6-11(7-9-21)20-12-4-5-13(15(19)22)14(18)10-12/h4-5,10-11,20H,6-9H2,1-3H3,(H2,19,22). The third kappa shape index (κ3) is 5.12. The number of benzene rings is 1. The second-order valence-corrected chi connectivity index (χ2v) is 7.80. The molecule has 7 heteroatoms. The van der Waals surface area contributed by atoms with E-state index in [1.807, 2.05) is 32.9 Å². The van der Waals surface area contributed by atoms with Gasteiger partial charge in [0.05, 0.1) is 5.56 Å². The monoisotopic (exact) mass is 397 g/mol. The molecule has 0 aromatic heterocycles. The third-order valence-corrected chi connectivity index (χ3v) is 4.41. The molecule has 1 aliphatic heterocycles. The van der Waals surface area contributed by atoms with E-state index < -0.39 is 11.5 Å². The highest BCUT2D eigenvalue weighted by atomic mass is 79.9. The van der Waals surface area contributed by atoms with Gasteiger partial charge in [0.2, 0.25) is 5.91 Å². The topological polar surface area (TPSA) is 84.7 Å². The molecular weight excluding hydrogens is 374 g/mol. The van der Waals surface area contributed by atoms with Crippen molar-refractivity contribution in [1.29, 1.82) is 0 Å². The van der Waals surface area contributed by atoms with E-state index in [9.17, 15) is 9.59 Å². The van der Waals surface area contributed by atoms with Gasteiger partial charge in [0.25, 0.3) is 0 Å². The fraction of sp³-hybridized carbons (Fsp3) is 0.529. The van der Waals surface area contributed by atoms with E-state index in [-0.39, 0.29) is 12.1 Å². The van der Waals surface area contributed by atoms with Crippen molar-refractivity contribution in [2.75, 3.05) is 18.4 Å². The maximum Gasteiger partial charge on any atom is 0.410 e. The van der Waals surface area contributed by atoms with Gasteiger partial charge in [-0.2, -0.15) is 0 Å². The number of nitrogens with one attached hydrogen (secondary N) is 1. The quantitative estimate of drug-likeness (QED) is 0.818. The number of piperidine rings is 1. The van der Waals surface area contributed by atoms with Crippen molar-refractivity contribution < 1.29 is 14.3 Å². The number of anilines is 1. The van der Waals surface area contributed by atoms with E-state index in [1.165, 1.54) is 0 Å². The molecule has 2 rings (SSSR count). The number of amides is 2. The lowest BCUT2D eigenvalue weighted by Gasteiger charge is -2.34. The first-order valence-electron chi connectivity index (χ1n) is 7.99. The number of likely N-dealkylation sites (tertiary alicyclic amines) is 1. The zero-order chi connectivity index (χ0) is 17.9. The summed E-state index contributed by atoms with van der Waals surface area (Å²) in [6.45, 7) is 6.92. The summed E-state index contributed by atoms with van der Waals surface area (Å²) >= 11 is 3.36. The normalized spacial score (nSPS) is 15.9. The molecule has 1 aromatic rings. The molecule has 132 valence electrons. The number of carbonyl (C=O) groups excluding carboxylic acids is 2. The Hall–Kier alpha value is -1.76. The van der Waals surface area contributed by atoms with Crippen LogP contribution in [0, 0.1) is 0 Å². The summed E-state index contributed by atoms with van der Waals surface area (Å²) in [6, 6.07) is 5.66. The van der Waals surface area contributed by atoms with Crippen molar-refractivity contribution in [2.45, 2.75) is 45.3 Å². The Labute approximate surface area is 150 Å². The number of primary amides is 1. The maximum absolute atomic E-state index is 12.1. The van der Waals surface area contributed by atoms with E-state index in [0.29, 0.717) is 23.1 Å². The number of rotatable bonds is 3. The van der Waals surface area contributed by atoms with Gasteiger partial charge in [0.15, 0.2) is 0 Å². The van der Waals surface area contributed by atoms with Crippen LogP contribution in [0.2, 0.25) is 0 Å². The van der Waals surface area contributed by atoms with Crippen LogP contribution in [0.25, 0.3) is 0 Å². The zero-order valence-electron chi connectivity index (χ0n) is 14.3. The van der Waals surface area contributed by atoms with Crippen molar-refractivity contribution >= 4 is 33.6 Å². The number of nitrogens with zero attached hydrogens (tertiary/aromatic N) is 1. The van der Waals surface area contributed by atoms with Crippen LogP contribution >= 0.6 is 15.9 Å². The van der Waals surface area contributed by atoms with E-state index in [2.05, 4.69) is 21.2 Å². The molecule has 1 fully saturated rings. The molecule has 0 radical (unpaired) electrons. The second-order valence-electron chi connectivity index (χ2n) is 6.94. The molecule has 0 unspecified atom stereocenters. The van der Waals surface area contributed by atoms with Gasteiger partial charge in [-0.15, -0.1) is 0 Å². The summed E-state index contributed by atoms with van der Waals surface area (Å²) in [7, 11) is 0. The molecule has 1 aliphatic rings. The van der Waals surface area contributed by atoms with Gasteiger partial charge in [0.1, 0.15) is 5.60 Å². The highest BCUT2D eigenvalue weighted by molar-refractivity contribution is 9.10. The lowest BCUT2D eigenvalue weighted by Crippen LogP contribution is -2.44.